The lowest BCUT2D eigenvalue weighted by molar-refractivity contribution is 0.296. The summed E-state index contributed by atoms with van der Waals surface area (Å²) in [6.45, 7) is 2.65. The second-order valence-electron chi connectivity index (χ2n) is 5.30. The van der Waals surface area contributed by atoms with Crippen LogP contribution in [0.4, 0.5) is 5.82 Å². The van der Waals surface area contributed by atoms with Crippen molar-refractivity contribution in [2.24, 2.45) is 5.16 Å². The van der Waals surface area contributed by atoms with E-state index in [1.165, 1.54) is 0 Å². The Kier molecular flexibility index (Phi) is 5.33. The fourth-order valence-corrected chi connectivity index (χ4v) is 3.53. The standard InChI is InChI=1S/C16H15Cl3N4O/c17-11-3-1-4-12(18)14(11)16(21-24)23-9-7-22(8-10-23)15-13(19)5-2-6-20-15/h1-6,24H,7-10H2/b21-16-. The Bertz CT molecular complexity index is 740. The molecule has 0 amide bonds. The molecule has 0 saturated carbocycles. The van der Waals surface area contributed by atoms with Gasteiger partial charge in [0.05, 0.1) is 20.6 Å². The molecule has 0 aliphatic carbocycles. The second kappa shape index (κ2) is 7.47. The van der Waals surface area contributed by atoms with E-state index in [-0.39, 0.29) is 0 Å². The van der Waals surface area contributed by atoms with Crippen LogP contribution in [0.15, 0.2) is 41.7 Å². The first-order valence-corrected chi connectivity index (χ1v) is 8.52. The first-order valence-electron chi connectivity index (χ1n) is 7.38. The molecule has 1 saturated heterocycles. The van der Waals surface area contributed by atoms with Crippen LogP contribution in [-0.2, 0) is 0 Å². The molecule has 8 heteroatoms. The molecule has 0 bridgehead atoms. The van der Waals surface area contributed by atoms with Gasteiger partial charge in [-0.15, -0.1) is 0 Å². The molecule has 1 aromatic carbocycles. The van der Waals surface area contributed by atoms with Gasteiger partial charge in [0.25, 0.3) is 0 Å². The topological polar surface area (TPSA) is 52.0 Å². The highest BCUT2D eigenvalue weighted by molar-refractivity contribution is 6.40. The van der Waals surface area contributed by atoms with E-state index in [0.29, 0.717) is 52.6 Å². The number of anilines is 1. The van der Waals surface area contributed by atoms with Gasteiger partial charge in [-0.3, -0.25) is 0 Å². The number of nitrogens with zero attached hydrogens (tertiary/aromatic N) is 4. The van der Waals surface area contributed by atoms with Crippen LogP contribution in [0.2, 0.25) is 15.1 Å². The maximum absolute atomic E-state index is 9.49. The van der Waals surface area contributed by atoms with Crippen molar-refractivity contribution in [3.63, 3.8) is 0 Å². The maximum Gasteiger partial charge on any atom is 0.178 e. The van der Waals surface area contributed by atoms with Gasteiger partial charge in [0.1, 0.15) is 5.82 Å². The minimum absolute atomic E-state index is 0.373. The molecular formula is C16H15Cl3N4O. The average Bonchev–Trinajstić information content (AvgIpc) is 2.59. The monoisotopic (exact) mass is 384 g/mol. The van der Waals surface area contributed by atoms with Gasteiger partial charge in [0, 0.05) is 32.4 Å². The zero-order chi connectivity index (χ0) is 17.1. The van der Waals surface area contributed by atoms with Crippen molar-refractivity contribution in [3.8, 4) is 0 Å². The van der Waals surface area contributed by atoms with E-state index in [4.69, 9.17) is 34.8 Å². The Morgan fingerprint density at radius 3 is 2.17 bits per heavy atom. The molecule has 1 aliphatic rings. The summed E-state index contributed by atoms with van der Waals surface area (Å²) < 4.78 is 0. The summed E-state index contributed by atoms with van der Waals surface area (Å²) in [5, 5.41) is 14.4. The van der Waals surface area contributed by atoms with E-state index in [1.807, 2.05) is 11.0 Å². The van der Waals surface area contributed by atoms with Crippen LogP contribution in [-0.4, -0.2) is 47.1 Å². The van der Waals surface area contributed by atoms with Crippen molar-refractivity contribution < 1.29 is 5.21 Å². The number of piperazine rings is 1. The number of pyridine rings is 1. The number of hydrogen-bond donors (Lipinski definition) is 1. The third kappa shape index (κ3) is 3.38. The van der Waals surface area contributed by atoms with Crippen LogP contribution in [0.1, 0.15) is 5.56 Å². The van der Waals surface area contributed by atoms with Gasteiger partial charge in [-0.2, -0.15) is 0 Å². The van der Waals surface area contributed by atoms with E-state index in [2.05, 4.69) is 15.0 Å². The summed E-state index contributed by atoms with van der Waals surface area (Å²) in [6.07, 6.45) is 1.72. The molecule has 1 aromatic heterocycles. The largest absolute Gasteiger partial charge is 0.409 e. The highest BCUT2D eigenvalue weighted by Crippen LogP contribution is 2.28. The predicted octanol–water partition coefficient (Wildman–Crippen LogP) is 4.00. The summed E-state index contributed by atoms with van der Waals surface area (Å²) in [7, 11) is 0. The third-order valence-electron chi connectivity index (χ3n) is 3.90. The first-order chi connectivity index (χ1) is 11.6. The second-order valence-corrected chi connectivity index (χ2v) is 6.52. The molecule has 0 unspecified atom stereocenters. The Balaban J connectivity index is 1.77. The molecule has 1 N–H and O–H groups in total. The first kappa shape index (κ1) is 17.1. The van der Waals surface area contributed by atoms with Gasteiger partial charge in [0.15, 0.2) is 5.84 Å². The average molecular weight is 386 g/mol. The Labute approximate surface area is 155 Å². The van der Waals surface area contributed by atoms with Crippen LogP contribution in [0.5, 0.6) is 0 Å². The van der Waals surface area contributed by atoms with Gasteiger partial charge >= 0.3 is 0 Å². The molecule has 24 heavy (non-hydrogen) atoms. The van der Waals surface area contributed by atoms with Gasteiger partial charge in [-0.05, 0) is 24.3 Å². The quantitative estimate of drug-likeness (QED) is 0.367. The van der Waals surface area contributed by atoms with Gasteiger partial charge < -0.3 is 15.0 Å². The van der Waals surface area contributed by atoms with Crippen LogP contribution >= 0.6 is 34.8 Å². The molecule has 0 radical (unpaired) electrons. The number of amidine groups is 1. The molecule has 0 atom stereocenters. The highest BCUT2D eigenvalue weighted by atomic mass is 35.5. The van der Waals surface area contributed by atoms with Gasteiger partial charge in [-0.25, -0.2) is 4.98 Å². The molecule has 1 aliphatic heterocycles. The third-order valence-corrected chi connectivity index (χ3v) is 4.82. The van der Waals surface area contributed by atoms with Gasteiger partial charge in [-0.1, -0.05) is 46.0 Å². The summed E-state index contributed by atoms with van der Waals surface area (Å²) in [6, 6.07) is 8.82. The number of oxime groups is 1. The van der Waals surface area contributed by atoms with Gasteiger partial charge in [0.2, 0.25) is 0 Å². The number of halogens is 3. The van der Waals surface area contributed by atoms with Crippen molar-refractivity contribution in [2.45, 2.75) is 0 Å². The summed E-state index contributed by atoms with van der Waals surface area (Å²) in [5.74, 6) is 1.13. The molecule has 3 rings (SSSR count). The Hall–Kier alpha value is -1.69. The lowest BCUT2D eigenvalue weighted by Crippen LogP contribution is -2.49. The van der Waals surface area contributed by atoms with Crippen LogP contribution in [0.25, 0.3) is 0 Å². The van der Waals surface area contributed by atoms with Crippen LogP contribution < -0.4 is 4.90 Å². The van der Waals surface area contributed by atoms with Crippen LogP contribution in [0.3, 0.4) is 0 Å². The molecule has 0 spiro atoms. The molecule has 5 nitrogen and oxygen atoms in total. The number of aromatic nitrogens is 1. The van der Waals surface area contributed by atoms with Crippen molar-refractivity contribution in [2.75, 3.05) is 31.1 Å². The van der Waals surface area contributed by atoms with Crippen molar-refractivity contribution in [3.05, 3.63) is 57.2 Å². The fourth-order valence-electron chi connectivity index (χ4n) is 2.72. The van der Waals surface area contributed by atoms with Crippen molar-refractivity contribution in [1.82, 2.24) is 9.88 Å². The number of rotatable bonds is 2. The predicted molar refractivity (Wildman–Crippen MR) is 97.8 cm³/mol. The maximum atomic E-state index is 9.49. The summed E-state index contributed by atoms with van der Waals surface area (Å²) in [5.41, 5.74) is 0.535. The Morgan fingerprint density at radius 2 is 1.58 bits per heavy atom. The molecular weight excluding hydrogens is 371 g/mol. The minimum Gasteiger partial charge on any atom is -0.409 e. The molecule has 2 heterocycles. The van der Waals surface area contributed by atoms with E-state index in [9.17, 15) is 5.21 Å². The zero-order valence-corrected chi connectivity index (χ0v) is 14.9. The molecule has 1 fully saturated rings. The normalized spacial score (nSPS) is 15.7. The summed E-state index contributed by atoms with van der Waals surface area (Å²) in [4.78, 5) is 8.38. The Morgan fingerprint density at radius 1 is 0.958 bits per heavy atom. The van der Waals surface area contributed by atoms with E-state index in [0.717, 1.165) is 5.82 Å². The van der Waals surface area contributed by atoms with Crippen molar-refractivity contribution in [1.29, 1.82) is 0 Å². The smallest absolute Gasteiger partial charge is 0.178 e. The number of benzene rings is 1. The summed E-state index contributed by atoms with van der Waals surface area (Å²) >= 11 is 18.7. The van der Waals surface area contributed by atoms with Crippen molar-refractivity contribution >= 4 is 46.5 Å². The molecule has 2 aromatic rings. The number of hydrogen-bond acceptors (Lipinski definition) is 4. The van der Waals surface area contributed by atoms with Crippen LogP contribution in [0, 0.1) is 0 Å². The zero-order valence-electron chi connectivity index (χ0n) is 12.7. The SMILES string of the molecule is O/N=C(/c1c(Cl)cccc1Cl)N1CCN(c2ncccc2Cl)CC1. The fraction of sp³-hybridized carbons (Fsp3) is 0.250. The van der Waals surface area contributed by atoms with E-state index in [1.54, 1.807) is 30.5 Å². The molecule has 126 valence electrons. The highest BCUT2D eigenvalue weighted by Gasteiger charge is 2.25. The lowest BCUT2D eigenvalue weighted by Gasteiger charge is -2.37. The minimum atomic E-state index is 0.373. The van der Waals surface area contributed by atoms with E-state index < -0.39 is 0 Å². The lowest BCUT2D eigenvalue weighted by atomic mass is 10.1. The van der Waals surface area contributed by atoms with E-state index >= 15 is 0 Å².